The van der Waals surface area contributed by atoms with E-state index in [1.807, 2.05) is 0 Å². The quantitative estimate of drug-likeness (QED) is 0.319. The summed E-state index contributed by atoms with van der Waals surface area (Å²) >= 11 is 3.89. The van der Waals surface area contributed by atoms with Crippen LogP contribution in [0.15, 0.2) is 47.2 Å². The summed E-state index contributed by atoms with van der Waals surface area (Å²) in [4.78, 5) is 28.1. The Morgan fingerprint density at radius 1 is 1.21 bits per heavy atom. The van der Waals surface area contributed by atoms with Crippen molar-refractivity contribution in [3.8, 4) is 11.1 Å². The van der Waals surface area contributed by atoms with Gasteiger partial charge in [-0.05, 0) is 45.3 Å². The topological polar surface area (TPSA) is 103 Å². The summed E-state index contributed by atoms with van der Waals surface area (Å²) in [6, 6.07) is 5.58. The first-order valence-corrected chi connectivity index (χ1v) is 11.2. The van der Waals surface area contributed by atoms with Crippen molar-refractivity contribution in [2.75, 3.05) is 5.32 Å². The first-order chi connectivity index (χ1) is 16.0. The lowest BCUT2D eigenvalue weighted by atomic mass is 10.0. The summed E-state index contributed by atoms with van der Waals surface area (Å²) in [5.41, 5.74) is 4.48. The van der Waals surface area contributed by atoms with Gasteiger partial charge in [0.2, 0.25) is 5.91 Å². The van der Waals surface area contributed by atoms with E-state index in [-0.39, 0.29) is 44.9 Å². The number of anilines is 1. The molecule has 0 aliphatic rings. The predicted molar refractivity (Wildman–Crippen MR) is 122 cm³/mol. The van der Waals surface area contributed by atoms with Gasteiger partial charge < -0.3 is 11.1 Å². The number of thiophene rings is 1. The number of aryl methyl sites for hydroxylation is 1. The second kappa shape index (κ2) is 9.14. The van der Waals surface area contributed by atoms with Crippen LogP contribution in [0.2, 0.25) is 0 Å². The highest BCUT2D eigenvalue weighted by Crippen LogP contribution is 2.43. The molecular weight excluding hydrogens is 542 g/mol. The highest BCUT2D eigenvalue weighted by atomic mass is 79.9. The fourth-order valence-electron chi connectivity index (χ4n) is 3.27. The van der Waals surface area contributed by atoms with Crippen LogP contribution in [0.4, 0.5) is 23.2 Å². The fraction of sp³-hybridized carbons (Fsp3) is 0.143. The SMILES string of the molecule is NC(=O)c1sc2nc(C(F)(F)F)cc(-c3ccc(F)cc3)c2c1NC(=O)CCn1cc(Br)cn1. The van der Waals surface area contributed by atoms with E-state index in [0.717, 1.165) is 22.7 Å². The van der Waals surface area contributed by atoms with Crippen molar-refractivity contribution in [2.45, 2.75) is 19.1 Å². The van der Waals surface area contributed by atoms with E-state index in [4.69, 9.17) is 5.73 Å². The highest BCUT2D eigenvalue weighted by molar-refractivity contribution is 9.10. The monoisotopic (exact) mass is 555 g/mol. The van der Waals surface area contributed by atoms with Crippen LogP contribution >= 0.6 is 27.3 Å². The number of rotatable bonds is 6. The molecule has 4 rings (SSSR count). The van der Waals surface area contributed by atoms with Crippen LogP contribution in [-0.4, -0.2) is 26.6 Å². The van der Waals surface area contributed by atoms with Gasteiger partial charge in [-0.15, -0.1) is 11.3 Å². The van der Waals surface area contributed by atoms with Crippen molar-refractivity contribution in [1.29, 1.82) is 0 Å². The van der Waals surface area contributed by atoms with Gasteiger partial charge in [0.25, 0.3) is 5.91 Å². The number of aromatic nitrogens is 3. The Kier molecular flexibility index (Phi) is 6.41. The molecule has 0 saturated heterocycles. The molecule has 3 N–H and O–H groups in total. The maximum absolute atomic E-state index is 13.5. The van der Waals surface area contributed by atoms with Crippen LogP contribution in [0, 0.1) is 5.82 Å². The molecule has 3 heterocycles. The zero-order valence-corrected chi connectivity index (χ0v) is 19.4. The number of halogens is 5. The molecule has 1 aromatic carbocycles. The molecule has 34 heavy (non-hydrogen) atoms. The van der Waals surface area contributed by atoms with Gasteiger partial charge in [-0.3, -0.25) is 14.3 Å². The van der Waals surface area contributed by atoms with E-state index in [2.05, 4.69) is 31.3 Å². The number of nitrogens with zero attached hydrogens (tertiary/aromatic N) is 3. The average molecular weight is 556 g/mol. The Balaban J connectivity index is 1.82. The third-order valence-electron chi connectivity index (χ3n) is 4.77. The molecule has 0 aliphatic heterocycles. The number of amides is 2. The Morgan fingerprint density at radius 3 is 2.50 bits per heavy atom. The van der Waals surface area contributed by atoms with E-state index in [9.17, 15) is 27.2 Å². The van der Waals surface area contributed by atoms with Crippen molar-refractivity contribution in [3.63, 3.8) is 0 Å². The van der Waals surface area contributed by atoms with Gasteiger partial charge in [0.05, 0.1) is 16.4 Å². The summed E-state index contributed by atoms with van der Waals surface area (Å²) in [6.07, 6.45) is -1.60. The molecule has 3 aromatic heterocycles. The third kappa shape index (κ3) is 4.94. The number of nitrogens with one attached hydrogen (secondary N) is 1. The van der Waals surface area contributed by atoms with Crippen LogP contribution in [0.25, 0.3) is 21.3 Å². The Morgan fingerprint density at radius 2 is 1.91 bits per heavy atom. The van der Waals surface area contributed by atoms with E-state index in [0.29, 0.717) is 11.3 Å². The minimum Gasteiger partial charge on any atom is -0.365 e. The van der Waals surface area contributed by atoms with Crippen LogP contribution in [0.1, 0.15) is 21.8 Å². The van der Waals surface area contributed by atoms with Gasteiger partial charge in [0.1, 0.15) is 21.2 Å². The van der Waals surface area contributed by atoms with E-state index in [1.165, 1.54) is 16.8 Å². The lowest BCUT2D eigenvalue weighted by Gasteiger charge is -2.12. The predicted octanol–water partition coefficient (Wildman–Crippen LogP) is 5.21. The Bertz CT molecular complexity index is 1400. The lowest BCUT2D eigenvalue weighted by Crippen LogP contribution is -2.18. The number of primary amides is 1. The number of fused-ring (bicyclic) bond motifs is 1. The smallest absolute Gasteiger partial charge is 0.365 e. The largest absolute Gasteiger partial charge is 0.433 e. The second-order valence-electron chi connectivity index (χ2n) is 7.13. The molecule has 7 nitrogen and oxygen atoms in total. The fourth-order valence-corrected chi connectivity index (χ4v) is 4.61. The number of benzene rings is 1. The van der Waals surface area contributed by atoms with Gasteiger partial charge in [0.15, 0.2) is 0 Å². The number of alkyl halides is 3. The molecule has 0 radical (unpaired) electrons. The molecule has 0 unspecified atom stereocenters. The number of carbonyl (C=O) groups is 2. The molecule has 0 aliphatic carbocycles. The van der Waals surface area contributed by atoms with Crippen molar-refractivity contribution in [2.24, 2.45) is 5.73 Å². The number of hydrogen-bond acceptors (Lipinski definition) is 5. The molecule has 4 aromatic rings. The maximum Gasteiger partial charge on any atom is 0.433 e. The number of nitrogens with two attached hydrogens (primary N) is 1. The van der Waals surface area contributed by atoms with Crippen LogP contribution in [0.3, 0.4) is 0 Å². The lowest BCUT2D eigenvalue weighted by molar-refractivity contribution is -0.140. The van der Waals surface area contributed by atoms with Gasteiger partial charge in [0, 0.05) is 24.5 Å². The summed E-state index contributed by atoms with van der Waals surface area (Å²) in [7, 11) is 0. The van der Waals surface area contributed by atoms with Crippen molar-refractivity contribution < 1.29 is 27.2 Å². The summed E-state index contributed by atoms with van der Waals surface area (Å²) < 4.78 is 56.3. The van der Waals surface area contributed by atoms with Gasteiger partial charge >= 0.3 is 6.18 Å². The Labute approximate surface area is 201 Å². The van der Waals surface area contributed by atoms with Crippen molar-refractivity contribution in [3.05, 3.63) is 63.6 Å². The molecule has 0 spiro atoms. The van der Waals surface area contributed by atoms with Crippen LogP contribution < -0.4 is 11.1 Å². The summed E-state index contributed by atoms with van der Waals surface area (Å²) in [5.74, 6) is -2.03. The zero-order chi connectivity index (χ0) is 24.6. The summed E-state index contributed by atoms with van der Waals surface area (Å²) in [5, 5.41) is 6.74. The minimum atomic E-state index is -4.78. The number of carbonyl (C=O) groups excluding carboxylic acids is 2. The highest BCUT2D eigenvalue weighted by Gasteiger charge is 2.35. The van der Waals surface area contributed by atoms with Gasteiger partial charge in [-0.2, -0.15) is 18.3 Å². The minimum absolute atomic E-state index is 0.0207. The maximum atomic E-state index is 13.5. The third-order valence-corrected chi connectivity index (χ3v) is 6.27. The zero-order valence-electron chi connectivity index (χ0n) is 17.0. The average Bonchev–Trinajstić information content (AvgIpc) is 3.35. The first-order valence-electron chi connectivity index (χ1n) is 9.61. The van der Waals surface area contributed by atoms with Gasteiger partial charge in [-0.1, -0.05) is 12.1 Å². The van der Waals surface area contributed by atoms with Crippen LogP contribution in [-0.2, 0) is 17.5 Å². The van der Waals surface area contributed by atoms with E-state index in [1.54, 1.807) is 12.4 Å². The molecule has 0 bridgehead atoms. The normalized spacial score (nSPS) is 11.7. The van der Waals surface area contributed by atoms with E-state index >= 15 is 0 Å². The van der Waals surface area contributed by atoms with Crippen molar-refractivity contribution >= 4 is 55.0 Å². The molecular formula is C21H14BrF4N5O2S. The van der Waals surface area contributed by atoms with Crippen molar-refractivity contribution in [1.82, 2.24) is 14.8 Å². The van der Waals surface area contributed by atoms with Gasteiger partial charge in [-0.25, -0.2) is 9.37 Å². The molecule has 0 fully saturated rings. The summed E-state index contributed by atoms with van der Waals surface area (Å²) in [6.45, 7) is 0.215. The number of hydrogen-bond donors (Lipinski definition) is 2. The first kappa shape index (κ1) is 23.8. The molecule has 13 heteroatoms. The second-order valence-corrected chi connectivity index (χ2v) is 9.04. The molecule has 0 atom stereocenters. The standard InChI is InChI=1S/C21H14BrF4N5O2S/c22-11-8-28-31(9-11)6-5-15(32)30-17-16-13(10-1-3-12(23)4-2-10)7-14(21(24,25)26)29-20(16)34-18(17)19(27)33/h1-4,7-9H,5-6H2,(H2,27,33)(H,30,32). The molecule has 0 saturated carbocycles. The van der Waals surface area contributed by atoms with Crippen LogP contribution in [0.5, 0.6) is 0 Å². The Hall–Kier alpha value is -3.32. The molecule has 176 valence electrons. The van der Waals surface area contributed by atoms with E-state index < -0.39 is 29.5 Å². The number of pyridine rings is 1. The molecule has 2 amide bonds.